The van der Waals surface area contributed by atoms with Gasteiger partial charge in [-0.1, -0.05) is 13.3 Å². The smallest absolute Gasteiger partial charge is 0.0802 e. The van der Waals surface area contributed by atoms with E-state index in [2.05, 4.69) is 26.2 Å². The lowest BCUT2D eigenvalue weighted by Crippen LogP contribution is -2.54. The Labute approximate surface area is 82.0 Å². The second-order valence-corrected chi connectivity index (χ2v) is 4.33. The minimum atomic E-state index is 0.0137. The zero-order valence-corrected chi connectivity index (χ0v) is 9.39. The summed E-state index contributed by atoms with van der Waals surface area (Å²) in [7, 11) is 3.88. The molecular formula is C11H23NO. The highest BCUT2D eigenvalue weighted by atomic mass is 16.5. The molecule has 0 radical (unpaired) electrons. The van der Waals surface area contributed by atoms with E-state index in [9.17, 15) is 0 Å². The minimum absolute atomic E-state index is 0.0137. The fourth-order valence-corrected chi connectivity index (χ4v) is 2.30. The van der Waals surface area contributed by atoms with Gasteiger partial charge in [0.1, 0.15) is 0 Å². The molecule has 2 nitrogen and oxygen atoms in total. The third-order valence-electron chi connectivity index (χ3n) is 3.76. The van der Waals surface area contributed by atoms with Gasteiger partial charge in [-0.05, 0) is 39.2 Å². The second-order valence-electron chi connectivity index (χ2n) is 4.33. The van der Waals surface area contributed by atoms with E-state index in [0.29, 0.717) is 6.04 Å². The Morgan fingerprint density at radius 1 is 1.54 bits per heavy atom. The molecule has 0 aromatic carbocycles. The summed E-state index contributed by atoms with van der Waals surface area (Å²) < 4.78 is 5.63. The van der Waals surface area contributed by atoms with Gasteiger partial charge in [0.15, 0.2) is 0 Å². The van der Waals surface area contributed by atoms with Gasteiger partial charge in [0, 0.05) is 13.2 Å². The first-order valence-corrected chi connectivity index (χ1v) is 5.40. The average Bonchev–Trinajstić information content (AvgIpc) is 2.09. The summed E-state index contributed by atoms with van der Waals surface area (Å²) in [5.74, 6) is 0.829. The molecule has 0 heterocycles. The van der Waals surface area contributed by atoms with Crippen LogP contribution in [0.3, 0.4) is 0 Å². The van der Waals surface area contributed by atoms with Crippen LogP contribution in [0.15, 0.2) is 0 Å². The number of hydrogen-bond acceptors (Lipinski definition) is 2. The van der Waals surface area contributed by atoms with Gasteiger partial charge < -0.3 is 10.1 Å². The maximum absolute atomic E-state index is 5.63. The average molecular weight is 185 g/mol. The Balaban J connectivity index is 2.61. The van der Waals surface area contributed by atoms with Crippen LogP contribution in [0.2, 0.25) is 0 Å². The highest BCUT2D eigenvalue weighted by molar-refractivity contribution is 4.95. The third-order valence-corrected chi connectivity index (χ3v) is 3.76. The molecule has 2 unspecified atom stereocenters. The summed E-state index contributed by atoms with van der Waals surface area (Å²) in [5, 5.41) is 3.42. The molecule has 1 saturated carbocycles. The van der Waals surface area contributed by atoms with E-state index >= 15 is 0 Å². The standard InChI is InChI=1S/C11H23NO/c1-5-11(2,13-4)10(12-3)9-7-6-8-9/h9-10,12H,5-8H2,1-4H3. The molecule has 2 heteroatoms. The van der Waals surface area contributed by atoms with Gasteiger partial charge in [0.25, 0.3) is 0 Å². The van der Waals surface area contributed by atoms with Crippen molar-refractivity contribution in [3.63, 3.8) is 0 Å². The molecule has 1 aliphatic rings. The molecule has 0 spiro atoms. The molecule has 0 saturated heterocycles. The summed E-state index contributed by atoms with van der Waals surface area (Å²) in [6.07, 6.45) is 5.20. The predicted octanol–water partition coefficient (Wildman–Crippen LogP) is 2.19. The topological polar surface area (TPSA) is 21.3 Å². The Kier molecular flexibility index (Phi) is 3.74. The van der Waals surface area contributed by atoms with Gasteiger partial charge in [-0.15, -0.1) is 0 Å². The Bertz CT molecular complexity index is 150. The summed E-state index contributed by atoms with van der Waals surface area (Å²) in [6.45, 7) is 4.42. The molecule has 0 aromatic rings. The van der Waals surface area contributed by atoms with E-state index in [-0.39, 0.29) is 5.60 Å². The van der Waals surface area contributed by atoms with Crippen molar-refractivity contribution in [3.05, 3.63) is 0 Å². The molecule has 2 atom stereocenters. The maximum Gasteiger partial charge on any atom is 0.0802 e. The van der Waals surface area contributed by atoms with Crippen LogP contribution in [-0.4, -0.2) is 25.8 Å². The predicted molar refractivity (Wildman–Crippen MR) is 55.9 cm³/mol. The van der Waals surface area contributed by atoms with Crippen LogP contribution >= 0.6 is 0 Å². The quantitative estimate of drug-likeness (QED) is 0.709. The number of likely N-dealkylation sites (N-methyl/N-ethyl adjacent to an activating group) is 1. The molecule has 78 valence electrons. The molecule has 0 aliphatic heterocycles. The van der Waals surface area contributed by atoms with Gasteiger partial charge in [0.05, 0.1) is 5.60 Å². The lowest BCUT2D eigenvalue weighted by atomic mass is 9.73. The zero-order valence-electron chi connectivity index (χ0n) is 9.39. The largest absolute Gasteiger partial charge is 0.377 e. The van der Waals surface area contributed by atoms with E-state index < -0.39 is 0 Å². The first-order valence-electron chi connectivity index (χ1n) is 5.40. The first-order chi connectivity index (χ1) is 6.18. The Morgan fingerprint density at radius 2 is 2.15 bits per heavy atom. The van der Waals surface area contributed by atoms with Crippen LogP contribution in [0.25, 0.3) is 0 Å². The summed E-state index contributed by atoms with van der Waals surface area (Å²) >= 11 is 0. The van der Waals surface area contributed by atoms with Crippen molar-refractivity contribution in [2.75, 3.05) is 14.2 Å². The van der Waals surface area contributed by atoms with E-state index in [1.807, 2.05) is 7.11 Å². The third kappa shape index (κ3) is 2.05. The van der Waals surface area contributed by atoms with Crippen LogP contribution in [0.5, 0.6) is 0 Å². The normalized spacial score (nSPS) is 24.9. The molecule has 1 aliphatic carbocycles. The molecule has 0 aromatic heterocycles. The van der Waals surface area contributed by atoms with Crippen molar-refractivity contribution >= 4 is 0 Å². The molecule has 1 fully saturated rings. The van der Waals surface area contributed by atoms with E-state index in [1.165, 1.54) is 19.3 Å². The van der Waals surface area contributed by atoms with Crippen molar-refractivity contribution in [1.82, 2.24) is 5.32 Å². The van der Waals surface area contributed by atoms with Crippen LogP contribution in [0.1, 0.15) is 39.5 Å². The zero-order chi connectivity index (χ0) is 9.90. The van der Waals surface area contributed by atoms with Crippen molar-refractivity contribution in [2.24, 2.45) is 5.92 Å². The van der Waals surface area contributed by atoms with Gasteiger partial charge in [0.2, 0.25) is 0 Å². The van der Waals surface area contributed by atoms with Gasteiger partial charge in [-0.25, -0.2) is 0 Å². The van der Waals surface area contributed by atoms with Gasteiger partial charge in [-0.3, -0.25) is 0 Å². The van der Waals surface area contributed by atoms with E-state index in [1.54, 1.807) is 0 Å². The Hall–Kier alpha value is -0.0800. The molecule has 13 heavy (non-hydrogen) atoms. The summed E-state index contributed by atoms with van der Waals surface area (Å²) in [5.41, 5.74) is 0.0137. The Morgan fingerprint density at radius 3 is 2.38 bits per heavy atom. The molecule has 0 bridgehead atoms. The number of hydrogen-bond donors (Lipinski definition) is 1. The van der Waals surface area contributed by atoms with Crippen molar-refractivity contribution in [2.45, 2.75) is 51.2 Å². The molecule has 1 N–H and O–H groups in total. The summed E-state index contributed by atoms with van der Waals surface area (Å²) in [4.78, 5) is 0. The monoisotopic (exact) mass is 185 g/mol. The highest BCUT2D eigenvalue weighted by Crippen LogP contribution is 2.36. The van der Waals surface area contributed by atoms with E-state index in [0.717, 1.165) is 12.3 Å². The first kappa shape index (κ1) is 11.0. The van der Waals surface area contributed by atoms with Crippen LogP contribution in [0, 0.1) is 5.92 Å². The second kappa shape index (κ2) is 4.43. The maximum atomic E-state index is 5.63. The van der Waals surface area contributed by atoms with Crippen molar-refractivity contribution < 1.29 is 4.74 Å². The number of methoxy groups -OCH3 is 1. The lowest BCUT2D eigenvalue weighted by molar-refractivity contribution is -0.0540. The molecule has 1 rings (SSSR count). The van der Waals surface area contributed by atoms with Crippen LogP contribution in [0.4, 0.5) is 0 Å². The lowest BCUT2D eigenvalue weighted by Gasteiger charge is -2.44. The van der Waals surface area contributed by atoms with Crippen molar-refractivity contribution in [3.8, 4) is 0 Å². The SMILES string of the molecule is CCC(C)(OC)C(NC)C1CCC1. The summed E-state index contributed by atoms with van der Waals surface area (Å²) in [6, 6.07) is 0.524. The minimum Gasteiger partial charge on any atom is -0.377 e. The molecular weight excluding hydrogens is 162 g/mol. The van der Waals surface area contributed by atoms with Crippen LogP contribution < -0.4 is 5.32 Å². The van der Waals surface area contributed by atoms with Gasteiger partial charge >= 0.3 is 0 Å². The fraction of sp³-hybridized carbons (Fsp3) is 1.00. The van der Waals surface area contributed by atoms with E-state index in [4.69, 9.17) is 4.74 Å². The van der Waals surface area contributed by atoms with Crippen LogP contribution in [-0.2, 0) is 4.74 Å². The highest BCUT2D eigenvalue weighted by Gasteiger charge is 2.39. The van der Waals surface area contributed by atoms with Gasteiger partial charge in [-0.2, -0.15) is 0 Å². The number of rotatable bonds is 5. The molecule has 0 amide bonds. The number of ether oxygens (including phenoxy) is 1. The fourth-order valence-electron chi connectivity index (χ4n) is 2.30. The van der Waals surface area contributed by atoms with Crippen molar-refractivity contribution in [1.29, 1.82) is 0 Å². The number of nitrogens with one attached hydrogen (secondary N) is 1.